The number of anilines is 1. The van der Waals surface area contributed by atoms with E-state index in [0.29, 0.717) is 18.0 Å². The van der Waals surface area contributed by atoms with Gasteiger partial charge in [-0.15, -0.1) is 0 Å². The number of carboxylic acid groups (broad SMARTS) is 1. The molecule has 2 amide bonds. The molecule has 1 heterocycles. The van der Waals surface area contributed by atoms with Gasteiger partial charge >= 0.3 is 5.97 Å². The number of hydrogen-bond acceptors (Lipinski definition) is 4. The summed E-state index contributed by atoms with van der Waals surface area (Å²) >= 11 is 0. The summed E-state index contributed by atoms with van der Waals surface area (Å²) in [5, 5.41) is 18.6. The van der Waals surface area contributed by atoms with E-state index in [1.165, 1.54) is 50.2 Å². The topological polar surface area (TPSA) is 113 Å². The second-order valence-corrected chi connectivity index (χ2v) is 7.52. The summed E-state index contributed by atoms with van der Waals surface area (Å²) in [5.74, 6) is -1.09. The van der Waals surface area contributed by atoms with Crippen LogP contribution in [0.15, 0.2) is 12.4 Å². The third-order valence-electron chi connectivity index (χ3n) is 4.92. The fraction of sp³-hybridized carbons (Fsp3) is 0.667. The standard InChI is InChI=1S/C18H28N4O4/c1-12(20-15(23)9-13-7-5-4-6-8-13)16(24)21-14-10-19-22(11-14)18(2,3)17(25)26/h10-13H,4-9H2,1-3H3,(H,20,23)(H,21,24)(H,25,26). The molecule has 0 spiro atoms. The summed E-state index contributed by atoms with van der Waals surface area (Å²) in [5.41, 5.74) is -0.833. The number of nitrogens with one attached hydrogen (secondary N) is 2. The highest BCUT2D eigenvalue weighted by Gasteiger charge is 2.30. The molecule has 1 aliphatic carbocycles. The van der Waals surface area contributed by atoms with Gasteiger partial charge in [0.2, 0.25) is 11.8 Å². The lowest BCUT2D eigenvalue weighted by atomic mass is 9.87. The van der Waals surface area contributed by atoms with Gasteiger partial charge in [0.15, 0.2) is 5.54 Å². The Morgan fingerprint density at radius 1 is 1.31 bits per heavy atom. The molecule has 1 unspecified atom stereocenters. The lowest BCUT2D eigenvalue weighted by Gasteiger charge is -2.22. The third-order valence-corrected chi connectivity index (χ3v) is 4.92. The number of aromatic nitrogens is 2. The normalized spacial score (nSPS) is 16.7. The molecule has 0 bridgehead atoms. The van der Waals surface area contributed by atoms with Crippen LogP contribution in [-0.2, 0) is 19.9 Å². The predicted octanol–water partition coefficient (Wildman–Crippen LogP) is 2.12. The van der Waals surface area contributed by atoms with Gasteiger partial charge in [-0.2, -0.15) is 5.10 Å². The summed E-state index contributed by atoms with van der Waals surface area (Å²) in [6, 6.07) is -0.679. The van der Waals surface area contributed by atoms with Crippen LogP contribution in [-0.4, -0.2) is 38.7 Å². The van der Waals surface area contributed by atoms with Crippen LogP contribution >= 0.6 is 0 Å². The van der Waals surface area contributed by atoms with E-state index in [0.717, 1.165) is 12.8 Å². The molecule has 8 heteroatoms. The molecule has 0 saturated heterocycles. The van der Waals surface area contributed by atoms with E-state index in [9.17, 15) is 19.5 Å². The van der Waals surface area contributed by atoms with Crippen molar-refractivity contribution in [2.75, 3.05) is 5.32 Å². The van der Waals surface area contributed by atoms with Gasteiger partial charge in [-0.25, -0.2) is 4.79 Å². The summed E-state index contributed by atoms with van der Waals surface area (Å²) in [7, 11) is 0. The van der Waals surface area contributed by atoms with Crippen LogP contribution in [0.4, 0.5) is 5.69 Å². The van der Waals surface area contributed by atoms with Crippen molar-refractivity contribution in [1.29, 1.82) is 0 Å². The first-order chi connectivity index (χ1) is 12.2. The van der Waals surface area contributed by atoms with Crippen molar-refractivity contribution in [3.8, 4) is 0 Å². The summed E-state index contributed by atoms with van der Waals surface area (Å²) in [6.45, 7) is 4.66. The van der Waals surface area contributed by atoms with E-state index in [-0.39, 0.29) is 11.8 Å². The number of amides is 2. The molecule has 26 heavy (non-hydrogen) atoms. The molecule has 8 nitrogen and oxygen atoms in total. The molecular formula is C18H28N4O4. The van der Waals surface area contributed by atoms with Gasteiger partial charge in [-0.1, -0.05) is 19.3 Å². The van der Waals surface area contributed by atoms with Gasteiger partial charge in [0, 0.05) is 12.6 Å². The monoisotopic (exact) mass is 364 g/mol. The van der Waals surface area contributed by atoms with E-state index in [1.807, 2.05) is 0 Å². The molecule has 0 radical (unpaired) electrons. The number of carboxylic acids is 1. The number of nitrogens with zero attached hydrogens (tertiary/aromatic N) is 2. The van der Waals surface area contributed by atoms with Crippen LogP contribution in [0.25, 0.3) is 0 Å². The minimum atomic E-state index is -1.22. The molecule has 1 aliphatic rings. The molecule has 1 atom stereocenters. The average Bonchev–Trinajstić information content (AvgIpc) is 3.04. The Morgan fingerprint density at radius 2 is 1.96 bits per heavy atom. The molecule has 2 rings (SSSR count). The van der Waals surface area contributed by atoms with E-state index < -0.39 is 17.6 Å². The summed E-state index contributed by atoms with van der Waals surface area (Å²) in [6.07, 6.45) is 9.04. The highest BCUT2D eigenvalue weighted by molar-refractivity contribution is 5.96. The minimum absolute atomic E-state index is 0.109. The molecule has 0 aromatic carbocycles. The highest BCUT2D eigenvalue weighted by atomic mass is 16.4. The van der Waals surface area contributed by atoms with Crippen molar-refractivity contribution in [2.45, 2.75) is 70.9 Å². The smallest absolute Gasteiger partial charge is 0.331 e. The number of aliphatic carboxylic acids is 1. The first kappa shape index (κ1) is 19.9. The van der Waals surface area contributed by atoms with Crippen molar-refractivity contribution in [1.82, 2.24) is 15.1 Å². The second kappa shape index (κ2) is 8.33. The fourth-order valence-corrected chi connectivity index (χ4v) is 3.06. The first-order valence-corrected chi connectivity index (χ1v) is 9.09. The maximum absolute atomic E-state index is 12.3. The summed E-state index contributed by atoms with van der Waals surface area (Å²) < 4.78 is 1.28. The van der Waals surface area contributed by atoms with Crippen LogP contribution in [0.1, 0.15) is 59.3 Å². The van der Waals surface area contributed by atoms with Gasteiger partial charge in [0.1, 0.15) is 6.04 Å². The van der Waals surface area contributed by atoms with Crippen LogP contribution in [0, 0.1) is 5.92 Å². The Morgan fingerprint density at radius 3 is 2.58 bits per heavy atom. The molecule has 0 aliphatic heterocycles. The van der Waals surface area contributed by atoms with E-state index >= 15 is 0 Å². The van der Waals surface area contributed by atoms with Crippen molar-refractivity contribution in [3.63, 3.8) is 0 Å². The Balaban J connectivity index is 1.86. The molecule has 144 valence electrons. The zero-order chi connectivity index (χ0) is 19.3. The molecule has 1 aromatic heterocycles. The number of carbonyl (C=O) groups excluding carboxylic acids is 2. The highest BCUT2D eigenvalue weighted by Crippen LogP contribution is 2.26. The average molecular weight is 364 g/mol. The molecule has 1 fully saturated rings. The number of carbonyl (C=O) groups is 3. The molecule has 1 saturated carbocycles. The maximum Gasteiger partial charge on any atom is 0.331 e. The van der Waals surface area contributed by atoms with Crippen LogP contribution in [0.5, 0.6) is 0 Å². The first-order valence-electron chi connectivity index (χ1n) is 9.09. The molecule has 1 aromatic rings. The van der Waals surface area contributed by atoms with Gasteiger partial charge in [-0.3, -0.25) is 14.3 Å². The zero-order valence-corrected chi connectivity index (χ0v) is 15.6. The Bertz CT molecular complexity index is 662. The predicted molar refractivity (Wildman–Crippen MR) is 96.6 cm³/mol. The summed E-state index contributed by atoms with van der Waals surface area (Å²) in [4.78, 5) is 35.6. The van der Waals surface area contributed by atoms with Crippen molar-refractivity contribution >= 4 is 23.5 Å². The molecule has 3 N–H and O–H groups in total. The zero-order valence-electron chi connectivity index (χ0n) is 15.6. The Labute approximate surface area is 153 Å². The SMILES string of the molecule is CC(NC(=O)CC1CCCCC1)C(=O)Nc1cnn(C(C)(C)C(=O)O)c1. The fourth-order valence-electron chi connectivity index (χ4n) is 3.06. The van der Waals surface area contributed by atoms with Crippen LogP contribution in [0.2, 0.25) is 0 Å². The number of hydrogen-bond donors (Lipinski definition) is 3. The van der Waals surface area contributed by atoms with Crippen molar-refractivity contribution < 1.29 is 19.5 Å². The van der Waals surface area contributed by atoms with E-state index in [1.54, 1.807) is 6.92 Å². The van der Waals surface area contributed by atoms with Crippen molar-refractivity contribution in [3.05, 3.63) is 12.4 Å². The minimum Gasteiger partial charge on any atom is -0.479 e. The van der Waals surface area contributed by atoms with Gasteiger partial charge in [0.05, 0.1) is 11.9 Å². The largest absolute Gasteiger partial charge is 0.479 e. The van der Waals surface area contributed by atoms with Crippen LogP contribution in [0.3, 0.4) is 0 Å². The van der Waals surface area contributed by atoms with Gasteiger partial charge in [-0.05, 0) is 39.5 Å². The van der Waals surface area contributed by atoms with E-state index in [4.69, 9.17) is 0 Å². The third kappa shape index (κ3) is 5.06. The lowest BCUT2D eigenvalue weighted by Crippen LogP contribution is -2.42. The Kier molecular flexibility index (Phi) is 6.39. The Hall–Kier alpha value is -2.38. The quantitative estimate of drug-likeness (QED) is 0.686. The number of rotatable bonds is 7. The van der Waals surface area contributed by atoms with Gasteiger partial charge < -0.3 is 15.7 Å². The van der Waals surface area contributed by atoms with Gasteiger partial charge in [0.25, 0.3) is 0 Å². The lowest BCUT2D eigenvalue weighted by molar-refractivity contribution is -0.146. The van der Waals surface area contributed by atoms with E-state index in [2.05, 4.69) is 15.7 Å². The van der Waals surface area contributed by atoms with Crippen molar-refractivity contribution in [2.24, 2.45) is 5.92 Å². The second-order valence-electron chi connectivity index (χ2n) is 7.52. The maximum atomic E-state index is 12.3. The van der Waals surface area contributed by atoms with Crippen LogP contribution < -0.4 is 10.6 Å². The molecular weight excluding hydrogens is 336 g/mol.